The lowest BCUT2D eigenvalue weighted by molar-refractivity contribution is -0.137. The van der Waals surface area contributed by atoms with Crippen molar-refractivity contribution in [3.8, 4) is 0 Å². The molecule has 0 radical (unpaired) electrons. The van der Waals surface area contributed by atoms with Gasteiger partial charge < -0.3 is 10.4 Å². The molecule has 0 aliphatic carbocycles. The lowest BCUT2D eigenvalue weighted by Crippen LogP contribution is -2.30. The lowest BCUT2D eigenvalue weighted by Gasteiger charge is -2.17. The van der Waals surface area contributed by atoms with E-state index >= 15 is 0 Å². The van der Waals surface area contributed by atoms with Gasteiger partial charge in [0.15, 0.2) is 0 Å². The van der Waals surface area contributed by atoms with Crippen molar-refractivity contribution in [2.24, 2.45) is 0 Å². The summed E-state index contributed by atoms with van der Waals surface area (Å²) in [5.74, 6) is -1.32. The molecule has 1 atom stereocenters. The first-order chi connectivity index (χ1) is 12.9. The van der Waals surface area contributed by atoms with E-state index in [1.165, 1.54) is 0 Å². The standard InChI is InChI=1S/C20H27N3O3S/c1-5-15(6-2)23-13(3)11-18(22-23)20(26)21-17(12-19(24)25)14-7-9-16(27-4)10-8-14/h7-11,15,17H,5-6,12H2,1-4H3,(H,21,26)(H,24,25). The van der Waals surface area contributed by atoms with Gasteiger partial charge in [-0.05, 0) is 49.8 Å². The van der Waals surface area contributed by atoms with Crippen LogP contribution in [0.2, 0.25) is 0 Å². The molecule has 6 nitrogen and oxygen atoms in total. The first-order valence-corrected chi connectivity index (χ1v) is 10.3. The summed E-state index contributed by atoms with van der Waals surface area (Å²) in [5.41, 5.74) is 2.00. The molecule has 2 N–H and O–H groups in total. The molecule has 0 fully saturated rings. The maximum absolute atomic E-state index is 12.7. The molecule has 1 aromatic carbocycles. The molecule has 27 heavy (non-hydrogen) atoms. The lowest BCUT2D eigenvalue weighted by atomic mass is 10.0. The van der Waals surface area contributed by atoms with E-state index in [0.717, 1.165) is 29.0 Å². The first kappa shape index (κ1) is 21.0. The van der Waals surface area contributed by atoms with Crippen molar-refractivity contribution in [2.75, 3.05) is 6.26 Å². The number of aliphatic carboxylic acids is 1. The number of hydrogen-bond donors (Lipinski definition) is 2. The number of amides is 1. The summed E-state index contributed by atoms with van der Waals surface area (Å²) in [6.45, 7) is 6.12. The molecule has 0 spiro atoms. The molecule has 2 rings (SSSR count). The van der Waals surface area contributed by atoms with E-state index < -0.39 is 12.0 Å². The number of nitrogens with one attached hydrogen (secondary N) is 1. The van der Waals surface area contributed by atoms with Gasteiger partial charge in [0.05, 0.1) is 18.5 Å². The zero-order valence-electron chi connectivity index (χ0n) is 16.2. The number of aromatic nitrogens is 2. The maximum atomic E-state index is 12.7. The van der Waals surface area contributed by atoms with E-state index in [0.29, 0.717) is 5.69 Å². The minimum absolute atomic E-state index is 0.184. The summed E-state index contributed by atoms with van der Waals surface area (Å²) in [6, 6.07) is 8.95. The highest BCUT2D eigenvalue weighted by molar-refractivity contribution is 7.98. The third-order valence-electron chi connectivity index (χ3n) is 4.65. The van der Waals surface area contributed by atoms with E-state index in [2.05, 4.69) is 24.3 Å². The van der Waals surface area contributed by atoms with E-state index in [-0.39, 0.29) is 18.4 Å². The molecule has 1 amide bonds. The summed E-state index contributed by atoms with van der Waals surface area (Å²) >= 11 is 1.61. The van der Waals surface area contributed by atoms with Crippen molar-refractivity contribution in [2.45, 2.75) is 57.0 Å². The van der Waals surface area contributed by atoms with Crippen LogP contribution in [0.3, 0.4) is 0 Å². The average Bonchev–Trinajstić information content (AvgIpc) is 3.04. The van der Waals surface area contributed by atoms with Crippen molar-refractivity contribution in [1.29, 1.82) is 0 Å². The Balaban J connectivity index is 2.22. The topological polar surface area (TPSA) is 84.2 Å². The summed E-state index contributed by atoms with van der Waals surface area (Å²) in [7, 11) is 0. The van der Waals surface area contributed by atoms with E-state index in [1.807, 2.05) is 42.1 Å². The second kappa shape index (κ2) is 9.60. The predicted octanol–water partition coefficient (Wildman–Crippen LogP) is 4.22. The maximum Gasteiger partial charge on any atom is 0.305 e. The largest absolute Gasteiger partial charge is 0.481 e. The fraction of sp³-hybridized carbons (Fsp3) is 0.450. The average molecular weight is 390 g/mol. The smallest absolute Gasteiger partial charge is 0.305 e. The summed E-state index contributed by atoms with van der Waals surface area (Å²) in [4.78, 5) is 25.1. The fourth-order valence-electron chi connectivity index (χ4n) is 3.10. The molecule has 1 aromatic heterocycles. The van der Waals surface area contributed by atoms with Gasteiger partial charge in [-0.1, -0.05) is 26.0 Å². The van der Waals surface area contributed by atoms with Gasteiger partial charge in [0.1, 0.15) is 5.69 Å². The van der Waals surface area contributed by atoms with Crippen LogP contribution in [0.4, 0.5) is 0 Å². The fourth-order valence-corrected chi connectivity index (χ4v) is 3.51. The van der Waals surface area contributed by atoms with Gasteiger partial charge >= 0.3 is 5.97 Å². The second-order valence-electron chi connectivity index (χ2n) is 6.48. The number of hydrogen-bond acceptors (Lipinski definition) is 4. The number of carbonyl (C=O) groups excluding carboxylic acids is 1. The highest BCUT2D eigenvalue weighted by Gasteiger charge is 2.22. The van der Waals surface area contributed by atoms with Crippen molar-refractivity contribution in [1.82, 2.24) is 15.1 Å². The van der Waals surface area contributed by atoms with Gasteiger partial charge in [0.25, 0.3) is 5.91 Å². The Labute approximate surface area is 164 Å². The Morgan fingerprint density at radius 2 is 1.85 bits per heavy atom. The summed E-state index contributed by atoms with van der Waals surface area (Å²) < 4.78 is 1.88. The zero-order valence-corrected chi connectivity index (χ0v) is 17.0. The molecular weight excluding hydrogens is 362 g/mol. The minimum atomic E-state index is -0.965. The van der Waals surface area contributed by atoms with Gasteiger partial charge in [-0.15, -0.1) is 11.8 Å². The highest BCUT2D eigenvalue weighted by Crippen LogP contribution is 2.23. The number of rotatable bonds is 9. The predicted molar refractivity (Wildman–Crippen MR) is 107 cm³/mol. The van der Waals surface area contributed by atoms with Crippen molar-refractivity contribution >= 4 is 23.6 Å². The minimum Gasteiger partial charge on any atom is -0.481 e. The van der Waals surface area contributed by atoms with E-state index in [1.54, 1.807) is 17.8 Å². The number of aryl methyl sites for hydroxylation is 1. The van der Waals surface area contributed by atoms with Crippen LogP contribution in [0.25, 0.3) is 0 Å². The van der Waals surface area contributed by atoms with Crippen molar-refractivity contribution in [3.05, 3.63) is 47.3 Å². The Morgan fingerprint density at radius 1 is 1.22 bits per heavy atom. The molecule has 0 saturated heterocycles. The molecule has 146 valence electrons. The number of carboxylic acids is 1. The Hall–Kier alpha value is -2.28. The molecule has 7 heteroatoms. The van der Waals surface area contributed by atoms with Crippen molar-refractivity contribution in [3.63, 3.8) is 0 Å². The Kier molecular flexibility index (Phi) is 7.47. The van der Waals surface area contributed by atoms with Gasteiger partial charge in [-0.25, -0.2) is 0 Å². The quantitative estimate of drug-likeness (QED) is 0.627. The zero-order chi connectivity index (χ0) is 20.0. The van der Waals surface area contributed by atoms with Gasteiger partial charge in [-0.3, -0.25) is 14.3 Å². The van der Waals surface area contributed by atoms with Crippen LogP contribution in [0, 0.1) is 6.92 Å². The van der Waals surface area contributed by atoms with Crippen LogP contribution in [-0.4, -0.2) is 33.0 Å². The highest BCUT2D eigenvalue weighted by atomic mass is 32.2. The molecule has 1 heterocycles. The number of nitrogens with zero attached hydrogens (tertiary/aromatic N) is 2. The molecule has 1 unspecified atom stereocenters. The van der Waals surface area contributed by atoms with Crippen LogP contribution in [0.5, 0.6) is 0 Å². The normalized spacial score (nSPS) is 12.2. The van der Waals surface area contributed by atoms with E-state index in [9.17, 15) is 14.7 Å². The number of carboxylic acid groups (broad SMARTS) is 1. The number of benzene rings is 1. The Morgan fingerprint density at radius 3 is 2.37 bits per heavy atom. The number of thioether (sulfide) groups is 1. The number of carbonyl (C=O) groups is 2. The van der Waals surface area contributed by atoms with Crippen LogP contribution in [0.1, 0.15) is 66.9 Å². The van der Waals surface area contributed by atoms with Crippen LogP contribution >= 0.6 is 11.8 Å². The molecule has 0 bridgehead atoms. The molecule has 0 aliphatic heterocycles. The molecule has 0 saturated carbocycles. The summed E-state index contributed by atoms with van der Waals surface area (Å²) in [6.07, 6.45) is 3.66. The third-order valence-corrected chi connectivity index (χ3v) is 5.39. The monoisotopic (exact) mass is 389 g/mol. The van der Waals surface area contributed by atoms with Gasteiger partial charge in [0, 0.05) is 10.6 Å². The summed E-state index contributed by atoms with van der Waals surface area (Å²) in [5, 5.41) is 16.5. The van der Waals surface area contributed by atoms with Crippen LogP contribution in [0.15, 0.2) is 35.2 Å². The van der Waals surface area contributed by atoms with Crippen LogP contribution in [-0.2, 0) is 4.79 Å². The van der Waals surface area contributed by atoms with Gasteiger partial charge in [0.2, 0.25) is 0 Å². The van der Waals surface area contributed by atoms with E-state index in [4.69, 9.17) is 0 Å². The van der Waals surface area contributed by atoms with Crippen LogP contribution < -0.4 is 5.32 Å². The Bertz CT molecular complexity index is 782. The molecule has 0 aliphatic rings. The second-order valence-corrected chi connectivity index (χ2v) is 7.36. The van der Waals surface area contributed by atoms with Gasteiger partial charge in [-0.2, -0.15) is 5.10 Å². The van der Waals surface area contributed by atoms with Crippen molar-refractivity contribution < 1.29 is 14.7 Å². The third kappa shape index (κ3) is 5.35. The molecule has 2 aromatic rings. The SMILES string of the molecule is CCC(CC)n1nc(C(=O)NC(CC(=O)O)c2ccc(SC)cc2)cc1C. The first-order valence-electron chi connectivity index (χ1n) is 9.12. The molecular formula is C20H27N3O3S.